The van der Waals surface area contributed by atoms with Gasteiger partial charge in [-0.1, -0.05) is 13.0 Å². The summed E-state index contributed by atoms with van der Waals surface area (Å²) < 4.78 is 16.6. The van der Waals surface area contributed by atoms with E-state index in [4.69, 9.17) is 14.2 Å². The van der Waals surface area contributed by atoms with Gasteiger partial charge in [-0.15, -0.1) is 0 Å². The van der Waals surface area contributed by atoms with Crippen LogP contribution in [0.2, 0.25) is 0 Å². The van der Waals surface area contributed by atoms with Crippen LogP contribution in [0.4, 0.5) is 0 Å². The van der Waals surface area contributed by atoms with Crippen LogP contribution in [0, 0.1) is 0 Å². The van der Waals surface area contributed by atoms with Crippen molar-refractivity contribution >= 4 is 0 Å². The fraction of sp³-hybridized carbons (Fsp3) is 0.600. The Morgan fingerprint density at radius 2 is 2.17 bits per heavy atom. The second-order valence-corrected chi connectivity index (χ2v) is 4.58. The largest absolute Gasteiger partial charge is 0.490 e. The number of hydrogen-bond acceptors (Lipinski definition) is 3. The Kier molecular flexibility index (Phi) is 4.88. The van der Waals surface area contributed by atoms with E-state index in [0.29, 0.717) is 6.61 Å². The van der Waals surface area contributed by atoms with Crippen molar-refractivity contribution in [2.75, 3.05) is 26.9 Å². The number of benzene rings is 1. The van der Waals surface area contributed by atoms with E-state index in [-0.39, 0.29) is 0 Å². The van der Waals surface area contributed by atoms with Crippen molar-refractivity contribution < 1.29 is 14.2 Å². The predicted molar refractivity (Wildman–Crippen MR) is 71.6 cm³/mol. The monoisotopic (exact) mass is 250 g/mol. The van der Waals surface area contributed by atoms with Crippen LogP contribution in [0.3, 0.4) is 0 Å². The normalized spacial score (nSPS) is 13.9. The van der Waals surface area contributed by atoms with Crippen molar-refractivity contribution in [2.45, 2.75) is 32.6 Å². The van der Waals surface area contributed by atoms with Crippen molar-refractivity contribution in [1.82, 2.24) is 0 Å². The molecule has 0 N–H and O–H groups in total. The van der Waals surface area contributed by atoms with Gasteiger partial charge in [0.25, 0.3) is 0 Å². The zero-order chi connectivity index (χ0) is 12.8. The first-order valence-electron chi connectivity index (χ1n) is 6.75. The van der Waals surface area contributed by atoms with E-state index >= 15 is 0 Å². The smallest absolute Gasteiger partial charge is 0.164 e. The Morgan fingerprint density at radius 3 is 2.94 bits per heavy atom. The summed E-state index contributed by atoms with van der Waals surface area (Å²) in [7, 11) is 1.71. The lowest BCUT2D eigenvalue weighted by molar-refractivity contribution is 0.169. The summed E-state index contributed by atoms with van der Waals surface area (Å²) in [5.41, 5.74) is 2.61. The van der Waals surface area contributed by atoms with Crippen LogP contribution in [0.15, 0.2) is 12.1 Å². The molecule has 1 heterocycles. The van der Waals surface area contributed by atoms with Gasteiger partial charge in [-0.3, -0.25) is 0 Å². The molecule has 0 atom stereocenters. The van der Waals surface area contributed by atoms with Crippen LogP contribution < -0.4 is 9.47 Å². The Morgan fingerprint density at radius 1 is 1.28 bits per heavy atom. The van der Waals surface area contributed by atoms with Crippen LogP contribution >= 0.6 is 0 Å². The minimum Gasteiger partial charge on any atom is -0.490 e. The first kappa shape index (κ1) is 13.2. The predicted octanol–water partition coefficient (Wildman–Crippen LogP) is 2.99. The van der Waals surface area contributed by atoms with E-state index in [9.17, 15) is 0 Å². The molecule has 0 saturated heterocycles. The number of aryl methyl sites for hydroxylation is 2. The van der Waals surface area contributed by atoms with E-state index < -0.39 is 0 Å². The molecule has 3 nitrogen and oxygen atoms in total. The molecule has 0 radical (unpaired) electrons. The molecule has 3 heteroatoms. The Bertz CT molecular complexity index is 388. The van der Waals surface area contributed by atoms with Gasteiger partial charge in [-0.05, 0) is 36.5 Å². The Hall–Kier alpha value is -1.22. The molecule has 0 spiro atoms. The van der Waals surface area contributed by atoms with Crippen LogP contribution in [-0.2, 0) is 17.6 Å². The summed E-state index contributed by atoms with van der Waals surface area (Å²) in [6.07, 6.45) is 4.13. The van der Waals surface area contributed by atoms with E-state index in [2.05, 4.69) is 19.1 Å². The number of fused-ring (bicyclic) bond motifs is 1. The first-order valence-corrected chi connectivity index (χ1v) is 6.75. The van der Waals surface area contributed by atoms with Gasteiger partial charge in [0.1, 0.15) is 0 Å². The van der Waals surface area contributed by atoms with Crippen molar-refractivity contribution in [3.05, 3.63) is 23.3 Å². The second-order valence-electron chi connectivity index (χ2n) is 4.58. The van der Waals surface area contributed by atoms with Crippen molar-refractivity contribution in [1.29, 1.82) is 0 Å². The maximum absolute atomic E-state index is 5.84. The van der Waals surface area contributed by atoms with Crippen LogP contribution in [-0.4, -0.2) is 26.9 Å². The second kappa shape index (κ2) is 6.64. The number of ether oxygens (including phenoxy) is 3. The average Bonchev–Trinajstić information content (AvgIpc) is 2.43. The highest BCUT2D eigenvalue weighted by Crippen LogP contribution is 2.36. The minimum atomic E-state index is 0.677. The van der Waals surface area contributed by atoms with Crippen LogP contribution in [0.25, 0.3) is 0 Å². The summed E-state index contributed by atoms with van der Waals surface area (Å²) in [5.74, 6) is 1.86. The average molecular weight is 250 g/mol. The lowest BCUT2D eigenvalue weighted by Crippen LogP contribution is -2.11. The lowest BCUT2D eigenvalue weighted by atomic mass is 10.0. The van der Waals surface area contributed by atoms with Crippen LogP contribution in [0.5, 0.6) is 11.5 Å². The zero-order valence-corrected chi connectivity index (χ0v) is 11.3. The van der Waals surface area contributed by atoms with Gasteiger partial charge >= 0.3 is 0 Å². The topological polar surface area (TPSA) is 27.7 Å². The van der Waals surface area contributed by atoms with Gasteiger partial charge in [0.05, 0.1) is 13.2 Å². The molecule has 18 heavy (non-hydrogen) atoms. The van der Waals surface area contributed by atoms with E-state index in [1.54, 1.807) is 7.11 Å². The molecule has 0 saturated carbocycles. The third-order valence-electron chi connectivity index (χ3n) is 3.19. The molecule has 0 aliphatic carbocycles. The van der Waals surface area contributed by atoms with Crippen LogP contribution in [0.1, 0.15) is 30.9 Å². The maximum Gasteiger partial charge on any atom is 0.164 e. The van der Waals surface area contributed by atoms with Gasteiger partial charge in [-0.2, -0.15) is 0 Å². The highest BCUT2D eigenvalue weighted by Gasteiger charge is 2.16. The summed E-state index contributed by atoms with van der Waals surface area (Å²) in [4.78, 5) is 0. The van der Waals surface area contributed by atoms with Crippen molar-refractivity contribution in [3.8, 4) is 11.5 Å². The summed E-state index contributed by atoms with van der Waals surface area (Å²) in [6, 6.07) is 4.35. The molecule has 100 valence electrons. The molecule has 0 aromatic heterocycles. The summed E-state index contributed by atoms with van der Waals surface area (Å²) in [6.45, 7) is 4.38. The zero-order valence-electron chi connectivity index (χ0n) is 11.3. The van der Waals surface area contributed by atoms with E-state index in [1.165, 1.54) is 11.1 Å². The molecule has 0 bridgehead atoms. The highest BCUT2D eigenvalue weighted by atomic mass is 16.5. The third kappa shape index (κ3) is 3.16. The number of rotatable bonds is 6. The molecule has 0 amide bonds. The minimum absolute atomic E-state index is 0.677. The van der Waals surface area contributed by atoms with Gasteiger partial charge in [0.2, 0.25) is 0 Å². The fourth-order valence-electron chi connectivity index (χ4n) is 2.21. The van der Waals surface area contributed by atoms with Crippen molar-refractivity contribution in [3.63, 3.8) is 0 Å². The quantitative estimate of drug-likeness (QED) is 0.726. The first-order chi connectivity index (χ1) is 8.85. The number of hydrogen-bond donors (Lipinski definition) is 0. The SMILES string of the molecule is CCc1cc2c(c(OCCCOC)c1)OCCC2. The van der Waals surface area contributed by atoms with E-state index in [1.807, 2.05) is 0 Å². The Labute approximate surface area is 109 Å². The van der Waals surface area contributed by atoms with Gasteiger partial charge in [-0.25, -0.2) is 0 Å². The molecule has 1 aliphatic heterocycles. The summed E-state index contributed by atoms with van der Waals surface area (Å²) >= 11 is 0. The Balaban J connectivity index is 2.11. The molecular formula is C15H22O3. The molecule has 1 aromatic rings. The van der Waals surface area contributed by atoms with E-state index in [0.717, 1.165) is 50.4 Å². The third-order valence-corrected chi connectivity index (χ3v) is 3.19. The maximum atomic E-state index is 5.84. The number of methoxy groups -OCH3 is 1. The summed E-state index contributed by atoms with van der Waals surface area (Å²) in [5, 5.41) is 0. The van der Waals surface area contributed by atoms with Crippen molar-refractivity contribution in [2.24, 2.45) is 0 Å². The standard InChI is InChI=1S/C15H22O3/c1-3-12-10-13-6-4-8-18-15(13)14(11-12)17-9-5-7-16-2/h10-11H,3-9H2,1-2H3. The molecule has 2 rings (SSSR count). The molecule has 1 aromatic carbocycles. The molecular weight excluding hydrogens is 228 g/mol. The lowest BCUT2D eigenvalue weighted by Gasteiger charge is -2.21. The molecule has 0 fully saturated rings. The molecule has 0 unspecified atom stereocenters. The van der Waals surface area contributed by atoms with Gasteiger partial charge in [0, 0.05) is 20.1 Å². The molecule has 1 aliphatic rings. The highest BCUT2D eigenvalue weighted by molar-refractivity contribution is 5.50. The fourth-order valence-corrected chi connectivity index (χ4v) is 2.21. The van der Waals surface area contributed by atoms with Gasteiger partial charge < -0.3 is 14.2 Å². The van der Waals surface area contributed by atoms with Gasteiger partial charge in [0.15, 0.2) is 11.5 Å².